The number of amides is 1. The van der Waals surface area contributed by atoms with Gasteiger partial charge in [0.25, 0.3) is 0 Å². The summed E-state index contributed by atoms with van der Waals surface area (Å²) in [5, 5.41) is 5.84. The van der Waals surface area contributed by atoms with Crippen LogP contribution >= 0.6 is 24.0 Å². The highest BCUT2D eigenvalue weighted by molar-refractivity contribution is 14.0. The molecule has 0 aliphatic rings. The van der Waals surface area contributed by atoms with Gasteiger partial charge < -0.3 is 21.1 Å². The molecular formula is C19H33IN4O2. The van der Waals surface area contributed by atoms with Crippen LogP contribution in [0.1, 0.15) is 58.9 Å². The number of aliphatic imine (C=N–C) groups is 1. The molecule has 0 aliphatic heterocycles. The van der Waals surface area contributed by atoms with Gasteiger partial charge in [-0.15, -0.1) is 24.0 Å². The number of rotatable bonds is 7. The molecule has 0 spiro atoms. The Morgan fingerprint density at radius 3 is 2.58 bits per heavy atom. The lowest BCUT2D eigenvalue weighted by Crippen LogP contribution is -2.33. The lowest BCUT2D eigenvalue weighted by Gasteiger charge is -2.19. The van der Waals surface area contributed by atoms with Crippen molar-refractivity contribution in [1.82, 2.24) is 5.32 Å². The first-order valence-corrected chi connectivity index (χ1v) is 8.81. The third-order valence-corrected chi connectivity index (χ3v) is 3.36. The van der Waals surface area contributed by atoms with Gasteiger partial charge in [-0.1, -0.05) is 26.0 Å². The maximum absolute atomic E-state index is 11.5. The lowest BCUT2D eigenvalue weighted by molar-refractivity contribution is 0.0527. The lowest BCUT2D eigenvalue weighted by atomic mass is 10.0. The van der Waals surface area contributed by atoms with Crippen LogP contribution in [-0.4, -0.2) is 30.7 Å². The van der Waals surface area contributed by atoms with Crippen LogP contribution in [0.3, 0.4) is 0 Å². The van der Waals surface area contributed by atoms with E-state index < -0.39 is 5.60 Å². The molecule has 1 aromatic rings. The summed E-state index contributed by atoms with van der Waals surface area (Å²) in [5.74, 6) is 0.874. The standard InChI is InChI=1S/C19H32N4O2.HI/c1-14(2)15-9-8-10-16(13-15)23-17(20)21-11-6-7-12-22-18(24)25-19(3,4)5;/h8-10,13-14H,6-7,11-12H2,1-5H3,(H,22,24)(H3,20,21,23);1H. The van der Waals surface area contributed by atoms with Gasteiger partial charge in [0.05, 0.1) is 0 Å². The second kappa shape index (κ2) is 12.0. The summed E-state index contributed by atoms with van der Waals surface area (Å²) in [6.07, 6.45) is 1.27. The number of ether oxygens (including phenoxy) is 1. The minimum absolute atomic E-state index is 0. The molecule has 0 heterocycles. The normalized spacial score (nSPS) is 11.7. The van der Waals surface area contributed by atoms with Crippen molar-refractivity contribution in [3.8, 4) is 0 Å². The van der Waals surface area contributed by atoms with Gasteiger partial charge in [-0.05, 0) is 57.2 Å². The van der Waals surface area contributed by atoms with Crippen LogP contribution in [0.4, 0.5) is 10.5 Å². The van der Waals surface area contributed by atoms with Gasteiger partial charge >= 0.3 is 6.09 Å². The highest BCUT2D eigenvalue weighted by atomic mass is 127. The van der Waals surface area contributed by atoms with Crippen LogP contribution in [0.2, 0.25) is 0 Å². The highest BCUT2D eigenvalue weighted by Gasteiger charge is 2.15. The summed E-state index contributed by atoms with van der Waals surface area (Å²) in [7, 11) is 0. The average molecular weight is 476 g/mol. The Balaban J connectivity index is 0.00000625. The quantitative estimate of drug-likeness (QED) is 0.235. The van der Waals surface area contributed by atoms with E-state index in [-0.39, 0.29) is 30.1 Å². The minimum atomic E-state index is -0.471. The molecule has 0 saturated carbocycles. The monoisotopic (exact) mass is 476 g/mol. The first kappa shape index (κ1) is 24.5. The number of carbonyl (C=O) groups is 1. The SMILES string of the molecule is CC(C)c1cccc(NC(N)=NCCCCNC(=O)OC(C)(C)C)c1.I. The van der Waals surface area contributed by atoms with Crippen molar-refractivity contribution < 1.29 is 9.53 Å². The van der Waals surface area contributed by atoms with Crippen molar-refractivity contribution in [3.63, 3.8) is 0 Å². The highest BCUT2D eigenvalue weighted by Crippen LogP contribution is 2.18. The fourth-order valence-corrected chi connectivity index (χ4v) is 2.10. The summed E-state index contributed by atoms with van der Waals surface area (Å²) in [4.78, 5) is 15.8. The number of benzene rings is 1. The Morgan fingerprint density at radius 2 is 1.96 bits per heavy atom. The second-order valence-corrected chi connectivity index (χ2v) is 7.31. The first-order chi connectivity index (χ1) is 11.7. The molecule has 0 radical (unpaired) electrons. The van der Waals surface area contributed by atoms with E-state index in [2.05, 4.69) is 41.6 Å². The smallest absolute Gasteiger partial charge is 0.407 e. The van der Waals surface area contributed by atoms with Crippen LogP contribution in [0.25, 0.3) is 0 Å². The van der Waals surface area contributed by atoms with Crippen molar-refractivity contribution in [1.29, 1.82) is 0 Å². The van der Waals surface area contributed by atoms with E-state index in [0.717, 1.165) is 18.5 Å². The largest absolute Gasteiger partial charge is 0.444 e. The van der Waals surface area contributed by atoms with Crippen molar-refractivity contribution in [2.45, 2.75) is 59.0 Å². The molecule has 0 aliphatic carbocycles. The fraction of sp³-hybridized carbons (Fsp3) is 0.579. The van der Waals surface area contributed by atoms with Gasteiger partial charge in [0.1, 0.15) is 5.60 Å². The van der Waals surface area contributed by atoms with E-state index in [9.17, 15) is 4.79 Å². The topological polar surface area (TPSA) is 88.7 Å². The zero-order valence-electron chi connectivity index (χ0n) is 16.5. The van der Waals surface area contributed by atoms with Crippen LogP contribution in [0, 0.1) is 0 Å². The van der Waals surface area contributed by atoms with Crippen LogP contribution < -0.4 is 16.4 Å². The van der Waals surface area contributed by atoms with E-state index in [1.165, 1.54) is 5.56 Å². The average Bonchev–Trinajstić information content (AvgIpc) is 2.49. The molecule has 1 amide bonds. The van der Waals surface area contributed by atoms with E-state index in [1.54, 1.807) is 0 Å². The van der Waals surface area contributed by atoms with Crippen molar-refractivity contribution in [2.75, 3.05) is 18.4 Å². The predicted molar refractivity (Wildman–Crippen MR) is 120 cm³/mol. The maximum Gasteiger partial charge on any atom is 0.407 e. The van der Waals surface area contributed by atoms with Gasteiger partial charge in [-0.3, -0.25) is 4.99 Å². The number of unbranched alkanes of at least 4 members (excludes halogenated alkanes) is 1. The number of hydrogen-bond acceptors (Lipinski definition) is 3. The third kappa shape index (κ3) is 11.2. The summed E-state index contributed by atoms with van der Waals surface area (Å²) in [5.41, 5.74) is 7.64. The molecule has 7 heteroatoms. The molecular weight excluding hydrogens is 443 g/mol. The Kier molecular flexibility index (Phi) is 11.3. The Bertz CT molecular complexity index is 583. The molecule has 4 N–H and O–H groups in total. The number of guanidine groups is 1. The van der Waals surface area contributed by atoms with Crippen LogP contribution in [0.5, 0.6) is 0 Å². The number of halogens is 1. The minimum Gasteiger partial charge on any atom is -0.444 e. The fourth-order valence-electron chi connectivity index (χ4n) is 2.10. The van der Waals surface area contributed by atoms with Gasteiger partial charge in [0.2, 0.25) is 0 Å². The maximum atomic E-state index is 11.5. The summed E-state index contributed by atoms with van der Waals surface area (Å²) in [6, 6.07) is 8.16. The molecule has 0 bridgehead atoms. The zero-order valence-corrected chi connectivity index (χ0v) is 18.8. The molecule has 0 fully saturated rings. The first-order valence-electron chi connectivity index (χ1n) is 8.81. The van der Waals surface area contributed by atoms with Gasteiger partial charge in [-0.2, -0.15) is 0 Å². The summed E-state index contributed by atoms with van der Waals surface area (Å²) >= 11 is 0. The summed E-state index contributed by atoms with van der Waals surface area (Å²) in [6.45, 7) is 11.0. The number of nitrogens with one attached hydrogen (secondary N) is 2. The van der Waals surface area contributed by atoms with Gasteiger partial charge in [0, 0.05) is 18.8 Å². The number of alkyl carbamates (subject to hydrolysis) is 1. The number of carbonyl (C=O) groups excluding carboxylic acids is 1. The molecule has 0 unspecified atom stereocenters. The molecule has 0 saturated heterocycles. The van der Waals surface area contributed by atoms with E-state index in [1.807, 2.05) is 32.9 Å². The van der Waals surface area contributed by atoms with Crippen LogP contribution in [0.15, 0.2) is 29.3 Å². The van der Waals surface area contributed by atoms with E-state index >= 15 is 0 Å². The van der Waals surface area contributed by atoms with Crippen LogP contribution in [-0.2, 0) is 4.74 Å². The van der Waals surface area contributed by atoms with Gasteiger partial charge in [0.15, 0.2) is 5.96 Å². The molecule has 26 heavy (non-hydrogen) atoms. The number of nitrogens with two attached hydrogens (primary N) is 1. The molecule has 148 valence electrons. The van der Waals surface area contributed by atoms with Crippen molar-refractivity contribution in [3.05, 3.63) is 29.8 Å². The molecule has 0 aromatic heterocycles. The van der Waals surface area contributed by atoms with Crippen molar-refractivity contribution in [2.24, 2.45) is 10.7 Å². The summed E-state index contributed by atoms with van der Waals surface area (Å²) < 4.78 is 5.17. The Hall–Kier alpha value is -1.51. The molecule has 0 atom stereocenters. The molecule has 1 aromatic carbocycles. The van der Waals surface area contributed by atoms with E-state index in [0.29, 0.717) is 25.0 Å². The molecule has 6 nitrogen and oxygen atoms in total. The number of nitrogens with zero attached hydrogens (tertiary/aromatic N) is 1. The van der Waals surface area contributed by atoms with Crippen molar-refractivity contribution >= 4 is 41.7 Å². The number of hydrogen-bond donors (Lipinski definition) is 3. The second-order valence-electron chi connectivity index (χ2n) is 7.31. The van der Waals surface area contributed by atoms with Gasteiger partial charge in [-0.25, -0.2) is 4.79 Å². The Labute approximate surface area is 174 Å². The molecule has 1 rings (SSSR count). The Morgan fingerprint density at radius 1 is 1.27 bits per heavy atom. The zero-order chi connectivity index (χ0) is 18.9. The predicted octanol–water partition coefficient (Wildman–Crippen LogP) is 4.46. The van der Waals surface area contributed by atoms with E-state index in [4.69, 9.17) is 10.5 Å². The number of anilines is 1. The third-order valence-electron chi connectivity index (χ3n) is 3.36.